The van der Waals surface area contributed by atoms with Crippen LogP contribution in [0.5, 0.6) is 0 Å². The van der Waals surface area contributed by atoms with Crippen LogP contribution in [0.3, 0.4) is 0 Å². The first-order valence-electron chi connectivity index (χ1n) is 5.60. The van der Waals surface area contributed by atoms with E-state index in [2.05, 4.69) is 38.2 Å². The molecule has 1 atom stereocenters. The first kappa shape index (κ1) is 12.9. The molecule has 0 aromatic carbocycles. The van der Waals surface area contributed by atoms with Gasteiger partial charge in [-0.05, 0) is 46.4 Å². The molecule has 0 saturated heterocycles. The van der Waals surface area contributed by atoms with Crippen LogP contribution in [0.15, 0.2) is 0 Å². The summed E-state index contributed by atoms with van der Waals surface area (Å²) in [4.78, 5) is 2.43. The van der Waals surface area contributed by atoms with Crippen LogP contribution in [-0.4, -0.2) is 38.1 Å². The Bertz CT molecular complexity index is 100. The number of nitrogens with zero attached hydrogens (tertiary/aromatic N) is 1. The highest BCUT2D eigenvalue weighted by molar-refractivity contribution is 4.64. The fourth-order valence-corrected chi connectivity index (χ4v) is 1.47. The fourth-order valence-electron chi connectivity index (χ4n) is 1.47. The summed E-state index contributed by atoms with van der Waals surface area (Å²) in [6.07, 6.45) is 5.13. The molecule has 0 bridgehead atoms. The minimum absolute atomic E-state index is 0.698. The number of rotatable bonds is 8. The Balaban J connectivity index is 3.38. The number of hydrogen-bond donors (Lipinski definition) is 1. The third-order valence-electron chi connectivity index (χ3n) is 2.65. The Kier molecular flexibility index (Phi) is 8.46. The largest absolute Gasteiger partial charge is 0.317 e. The monoisotopic (exact) mass is 186 g/mol. The van der Waals surface area contributed by atoms with Crippen LogP contribution in [0.4, 0.5) is 0 Å². The van der Waals surface area contributed by atoms with Crippen molar-refractivity contribution in [3.63, 3.8) is 0 Å². The molecule has 0 aliphatic heterocycles. The zero-order valence-electron chi connectivity index (χ0n) is 9.77. The van der Waals surface area contributed by atoms with Gasteiger partial charge in [0.05, 0.1) is 0 Å². The molecule has 0 heterocycles. The smallest absolute Gasteiger partial charge is 0.00736 e. The van der Waals surface area contributed by atoms with Gasteiger partial charge in [-0.2, -0.15) is 0 Å². The standard InChI is InChI=1S/C11H26N2/c1-5-7-9-13(4)10-8-11(6-2)12-3/h11-12H,5-10H2,1-4H3. The molecule has 13 heavy (non-hydrogen) atoms. The van der Waals surface area contributed by atoms with E-state index in [9.17, 15) is 0 Å². The van der Waals surface area contributed by atoms with E-state index in [1.54, 1.807) is 0 Å². The maximum Gasteiger partial charge on any atom is 0.00736 e. The van der Waals surface area contributed by atoms with E-state index >= 15 is 0 Å². The molecule has 2 heteroatoms. The van der Waals surface area contributed by atoms with E-state index in [1.165, 1.54) is 38.8 Å². The summed E-state index contributed by atoms with van der Waals surface area (Å²) in [6.45, 7) is 6.96. The van der Waals surface area contributed by atoms with Crippen molar-refractivity contribution in [2.45, 2.75) is 45.6 Å². The Morgan fingerprint density at radius 1 is 1.23 bits per heavy atom. The van der Waals surface area contributed by atoms with E-state index in [0.717, 1.165) is 0 Å². The van der Waals surface area contributed by atoms with Gasteiger partial charge >= 0.3 is 0 Å². The highest BCUT2D eigenvalue weighted by Gasteiger charge is 2.04. The summed E-state index contributed by atoms with van der Waals surface area (Å²) in [5, 5.41) is 3.34. The molecule has 1 N–H and O–H groups in total. The van der Waals surface area contributed by atoms with E-state index in [1.807, 2.05) is 0 Å². The maximum atomic E-state index is 3.34. The minimum Gasteiger partial charge on any atom is -0.317 e. The van der Waals surface area contributed by atoms with Gasteiger partial charge in [0.2, 0.25) is 0 Å². The van der Waals surface area contributed by atoms with Crippen LogP contribution in [0.2, 0.25) is 0 Å². The van der Waals surface area contributed by atoms with Crippen LogP contribution >= 0.6 is 0 Å². The summed E-state index contributed by atoms with van der Waals surface area (Å²) in [5.41, 5.74) is 0. The lowest BCUT2D eigenvalue weighted by molar-refractivity contribution is 0.303. The summed E-state index contributed by atoms with van der Waals surface area (Å²) in [7, 11) is 4.28. The van der Waals surface area contributed by atoms with E-state index < -0.39 is 0 Å². The molecule has 0 aromatic rings. The highest BCUT2D eigenvalue weighted by atomic mass is 15.1. The molecule has 0 fully saturated rings. The third kappa shape index (κ3) is 7.03. The van der Waals surface area contributed by atoms with Gasteiger partial charge in [0.15, 0.2) is 0 Å². The Hall–Kier alpha value is -0.0800. The highest BCUT2D eigenvalue weighted by Crippen LogP contribution is 1.99. The van der Waals surface area contributed by atoms with Gasteiger partial charge < -0.3 is 10.2 Å². The molecule has 0 aliphatic carbocycles. The molecule has 0 aliphatic rings. The molecular weight excluding hydrogens is 160 g/mol. The lowest BCUT2D eigenvalue weighted by Crippen LogP contribution is -2.30. The fraction of sp³-hybridized carbons (Fsp3) is 1.00. The van der Waals surface area contributed by atoms with E-state index in [0.29, 0.717) is 6.04 Å². The van der Waals surface area contributed by atoms with Crippen molar-refractivity contribution in [1.29, 1.82) is 0 Å². The molecular formula is C11H26N2. The van der Waals surface area contributed by atoms with Gasteiger partial charge in [-0.3, -0.25) is 0 Å². The van der Waals surface area contributed by atoms with Gasteiger partial charge in [-0.25, -0.2) is 0 Å². The topological polar surface area (TPSA) is 15.3 Å². The van der Waals surface area contributed by atoms with Gasteiger partial charge in [0.25, 0.3) is 0 Å². The lowest BCUT2D eigenvalue weighted by Gasteiger charge is -2.20. The van der Waals surface area contributed by atoms with E-state index in [4.69, 9.17) is 0 Å². The van der Waals surface area contributed by atoms with Crippen molar-refractivity contribution in [2.24, 2.45) is 0 Å². The molecule has 80 valence electrons. The van der Waals surface area contributed by atoms with Crippen molar-refractivity contribution in [3.05, 3.63) is 0 Å². The SMILES string of the molecule is CCCCN(C)CCC(CC)NC. The molecule has 0 rings (SSSR count). The second-order valence-electron chi connectivity index (χ2n) is 3.84. The van der Waals surface area contributed by atoms with Gasteiger partial charge in [0, 0.05) is 6.04 Å². The molecule has 0 aromatic heterocycles. The van der Waals surface area contributed by atoms with E-state index in [-0.39, 0.29) is 0 Å². The van der Waals surface area contributed by atoms with Gasteiger partial charge in [-0.1, -0.05) is 20.3 Å². The van der Waals surface area contributed by atoms with Crippen LogP contribution in [-0.2, 0) is 0 Å². The normalized spacial score (nSPS) is 13.6. The predicted molar refractivity (Wildman–Crippen MR) is 60.2 cm³/mol. The Labute approximate surface area is 83.7 Å². The summed E-state index contributed by atoms with van der Waals surface area (Å²) in [6, 6.07) is 0.698. The minimum atomic E-state index is 0.698. The van der Waals surface area contributed by atoms with Crippen molar-refractivity contribution in [1.82, 2.24) is 10.2 Å². The predicted octanol–water partition coefficient (Wildman–Crippen LogP) is 2.11. The van der Waals surface area contributed by atoms with Gasteiger partial charge in [-0.15, -0.1) is 0 Å². The zero-order valence-corrected chi connectivity index (χ0v) is 9.77. The Morgan fingerprint density at radius 2 is 1.92 bits per heavy atom. The number of nitrogens with one attached hydrogen (secondary N) is 1. The van der Waals surface area contributed by atoms with Crippen LogP contribution in [0, 0.1) is 0 Å². The molecule has 1 unspecified atom stereocenters. The molecule has 0 spiro atoms. The molecule has 0 radical (unpaired) electrons. The lowest BCUT2D eigenvalue weighted by atomic mass is 10.1. The number of unbranched alkanes of at least 4 members (excludes halogenated alkanes) is 1. The summed E-state index contributed by atoms with van der Waals surface area (Å²) in [5.74, 6) is 0. The first-order chi connectivity index (χ1) is 6.24. The summed E-state index contributed by atoms with van der Waals surface area (Å²) < 4.78 is 0. The quantitative estimate of drug-likeness (QED) is 0.624. The Morgan fingerprint density at radius 3 is 2.38 bits per heavy atom. The van der Waals surface area contributed by atoms with Crippen molar-refractivity contribution < 1.29 is 0 Å². The van der Waals surface area contributed by atoms with Crippen molar-refractivity contribution in [3.8, 4) is 0 Å². The molecule has 2 nitrogen and oxygen atoms in total. The van der Waals surface area contributed by atoms with Crippen molar-refractivity contribution >= 4 is 0 Å². The van der Waals surface area contributed by atoms with Crippen LogP contribution < -0.4 is 5.32 Å². The van der Waals surface area contributed by atoms with Gasteiger partial charge in [0.1, 0.15) is 0 Å². The second-order valence-corrected chi connectivity index (χ2v) is 3.84. The van der Waals surface area contributed by atoms with Crippen LogP contribution in [0.25, 0.3) is 0 Å². The van der Waals surface area contributed by atoms with Crippen molar-refractivity contribution in [2.75, 3.05) is 27.2 Å². The van der Waals surface area contributed by atoms with Crippen LogP contribution in [0.1, 0.15) is 39.5 Å². The average molecular weight is 186 g/mol. The second kappa shape index (κ2) is 8.52. The molecule has 0 amide bonds. The number of hydrogen-bond acceptors (Lipinski definition) is 2. The average Bonchev–Trinajstić information content (AvgIpc) is 2.16. The first-order valence-corrected chi connectivity index (χ1v) is 5.60. The summed E-state index contributed by atoms with van der Waals surface area (Å²) >= 11 is 0. The maximum absolute atomic E-state index is 3.34. The molecule has 0 saturated carbocycles. The third-order valence-corrected chi connectivity index (χ3v) is 2.65. The zero-order chi connectivity index (χ0) is 10.1.